The SMILES string of the molecule is Cc1ccc(Cc2n[nH]c(=S)n2C)cc1C. The maximum atomic E-state index is 5.08. The highest BCUT2D eigenvalue weighted by Gasteiger charge is 2.04. The molecule has 0 aliphatic rings. The molecule has 0 aliphatic carbocycles. The molecule has 2 rings (SSSR count). The summed E-state index contributed by atoms with van der Waals surface area (Å²) in [5.41, 5.74) is 3.90. The number of aromatic nitrogens is 3. The zero-order valence-corrected chi connectivity index (χ0v) is 10.6. The molecule has 0 atom stereocenters. The number of benzene rings is 1. The smallest absolute Gasteiger partial charge is 0.194 e. The Morgan fingerprint density at radius 1 is 1.31 bits per heavy atom. The predicted octanol–water partition coefficient (Wildman–Crippen LogP) is 2.69. The van der Waals surface area contributed by atoms with E-state index in [-0.39, 0.29) is 0 Å². The summed E-state index contributed by atoms with van der Waals surface area (Å²) in [6.07, 6.45) is 0.810. The van der Waals surface area contributed by atoms with Crippen molar-refractivity contribution in [2.24, 2.45) is 7.05 Å². The van der Waals surface area contributed by atoms with E-state index in [1.807, 2.05) is 11.6 Å². The van der Waals surface area contributed by atoms with E-state index >= 15 is 0 Å². The first-order valence-corrected chi connectivity index (χ1v) is 5.65. The Balaban J connectivity index is 2.31. The van der Waals surface area contributed by atoms with Gasteiger partial charge in [-0.25, -0.2) is 0 Å². The maximum absolute atomic E-state index is 5.08. The molecule has 84 valence electrons. The molecule has 1 aromatic heterocycles. The Morgan fingerprint density at radius 2 is 2.06 bits per heavy atom. The summed E-state index contributed by atoms with van der Waals surface area (Å²) < 4.78 is 2.57. The normalized spacial score (nSPS) is 10.7. The van der Waals surface area contributed by atoms with E-state index in [0.717, 1.165) is 12.2 Å². The van der Waals surface area contributed by atoms with Gasteiger partial charge in [-0.1, -0.05) is 18.2 Å². The average Bonchev–Trinajstić information content (AvgIpc) is 2.55. The number of hydrogen-bond acceptors (Lipinski definition) is 2. The van der Waals surface area contributed by atoms with E-state index in [0.29, 0.717) is 4.77 Å². The van der Waals surface area contributed by atoms with Crippen LogP contribution in [0.3, 0.4) is 0 Å². The lowest BCUT2D eigenvalue weighted by atomic mass is 10.0. The highest BCUT2D eigenvalue weighted by atomic mass is 32.1. The summed E-state index contributed by atoms with van der Waals surface area (Å²) in [5, 5.41) is 7.01. The molecule has 0 saturated heterocycles. The largest absolute Gasteiger partial charge is 0.307 e. The summed E-state index contributed by atoms with van der Waals surface area (Å²) >= 11 is 5.08. The first-order chi connectivity index (χ1) is 7.58. The molecule has 0 amide bonds. The van der Waals surface area contributed by atoms with Crippen LogP contribution in [0, 0.1) is 18.6 Å². The Hall–Kier alpha value is -1.42. The molecular formula is C12H15N3S. The van der Waals surface area contributed by atoms with Gasteiger partial charge < -0.3 is 4.57 Å². The van der Waals surface area contributed by atoms with Gasteiger partial charge in [-0.05, 0) is 42.8 Å². The van der Waals surface area contributed by atoms with E-state index in [1.54, 1.807) is 0 Å². The monoisotopic (exact) mass is 233 g/mol. The molecule has 0 spiro atoms. The van der Waals surface area contributed by atoms with Crippen molar-refractivity contribution in [3.63, 3.8) is 0 Å². The summed E-state index contributed by atoms with van der Waals surface area (Å²) in [5.74, 6) is 0.966. The zero-order valence-electron chi connectivity index (χ0n) is 9.74. The first kappa shape index (κ1) is 11.1. The van der Waals surface area contributed by atoms with Crippen LogP contribution in [-0.2, 0) is 13.5 Å². The minimum atomic E-state index is 0.666. The zero-order chi connectivity index (χ0) is 11.7. The molecule has 16 heavy (non-hydrogen) atoms. The van der Waals surface area contributed by atoms with Gasteiger partial charge >= 0.3 is 0 Å². The minimum Gasteiger partial charge on any atom is -0.307 e. The Labute approximate surface area is 100 Å². The van der Waals surface area contributed by atoms with E-state index < -0.39 is 0 Å². The van der Waals surface area contributed by atoms with Crippen molar-refractivity contribution in [3.05, 3.63) is 45.5 Å². The number of rotatable bonds is 2. The van der Waals surface area contributed by atoms with E-state index in [9.17, 15) is 0 Å². The van der Waals surface area contributed by atoms with Crippen molar-refractivity contribution in [1.82, 2.24) is 14.8 Å². The number of aromatic amines is 1. The highest BCUT2D eigenvalue weighted by molar-refractivity contribution is 7.71. The summed E-state index contributed by atoms with van der Waals surface area (Å²) in [6.45, 7) is 4.25. The molecule has 3 nitrogen and oxygen atoms in total. The van der Waals surface area contributed by atoms with Gasteiger partial charge in [0.05, 0.1) is 0 Å². The predicted molar refractivity (Wildman–Crippen MR) is 67.1 cm³/mol. The standard InChI is InChI=1S/C12H15N3S/c1-8-4-5-10(6-9(8)2)7-11-13-14-12(16)15(11)3/h4-6H,7H2,1-3H3,(H,14,16). The fraction of sp³-hybridized carbons (Fsp3) is 0.333. The van der Waals surface area contributed by atoms with Crippen LogP contribution in [0.2, 0.25) is 0 Å². The number of hydrogen-bond donors (Lipinski definition) is 1. The lowest BCUT2D eigenvalue weighted by molar-refractivity contribution is 0.812. The molecule has 0 bridgehead atoms. The van der Waals surface area contributed by atoms with Gasteiger partial charge in [0.15, 0.2) is 4.77 Å². The van der Waals surface area contributed by atoms with Crippen molar-refractivity contribution in [2.45, 2.75) is 20.3 Å². The van der Waals surface area contributed by atoms with Gasteiger partial charge in [-0.3, -0.25) is 5.10 Å². The third-order valence-electron chi connectivity index (χ3n) is 2.91. The minimum absolute atomic E-state index is 0.666. The van der Waals surface area contributed by atoms with Crippen molar-refractivity contribution in [1.29, 1.82) is 0 Å². The van der Waals surface area contributed by atoms with Gasteiger partial charge in [0.1, 0.15) is 5.82 Å². The van der Waals surface area contributed by atoms with E-state index in [4.69, 9.17) is 12.2 Å². The summed E-state index contributed by atoms with van der Waals surface area (Å²) in [4.78, 5) is 0. The van der Waals surface area contributed by atoms with Gasteiger partial charge in [0.2, 0.25) is 0 Å². The Morgan fingerprint density at radius 3 is 2.62 bits per heavy atom. The molecule has 0 unspecified atom stereocenters. The lowest BCUT2D eigenvalue weighted by Gasteiger charge is -2.04. The molecule has 0 saturated carbocycles. The summed E-state index contributed by atoms with van der Waals surface area (Å²) in [6, 6.07) is 6.49. The molecule has 0 aliphatic heterocycles. The van der Waals surface area contributed by atoms with Crippen molar-refractivity contribution in [2.75, 3.05) is 0 Å². The second kappa shape index (κ2) is 4.22. The van der Waals surface area contributed by atoms with Gasteiger partial charge in [0.25, 0.3) is 0 Å². The third-order valence-corrected chi connectivity index (χ3v) is 3.27. The first-order valence-electron chi connectivity index (χ1n) is 5.24. The Bertz CT molecular complexity index is 566. The molecule has 0 fully saturated rings. The van der Waals surface area contributed by atoms with E-state index in [1.165, 1.54) is 16.7 Å². The number of nitrogens with one attached hydrogen (secondary N) is 1. The molecular weight excluding hydrogens is 218 g/mol. The second-order valence-corrected chi connectivity index (χ2v) is 4.49. The number of nitrogens with zero attached hydrogens (tertiary/aromatic N) is 2. The van der Waals surface area contributed by atoms with Crippen LogP contribution in [0.5, 0.6) is 0 Å². The van der Waals surface area contributed by atoms with Gasteiger partial charge in [-0.2, -0.15) is 5.10 Å². The molecule has 0 radical (unpaired) electrons. The topological polar surface area (TPSA) is 33.6 Å². The second-order valence-electron chi connectivity index (χ2n) is 4.10. The molecule has 4 heteroatoms. The highest BCUT2D eigenvalue weighted by Crippen LogP contribution is 2.12. The van der Waals surface area contributed by atoms with Gasteiger partial charge in [-0.15, -0.1) is 0 Å². The summed E-state index contributed by atoms with van der Waals surface area (Å²) in [7, 11) is 1.93. The number of H-pyrrole nitrogens is 1. The fourth-order valence-electron chi connectivity index (χ4n) is 1.63. The van der Waals surface area contributed by atoms with Crippen LogP contribution >= 0.6 is 12.2 Å². The van der Waals surface area contributed by atoms with Crippen molar-refractivity contribution in [3.8, 4) is 0 Å². The van der Waals surface area contributed by atoms with E-state index in [2.05, 4.69) is 42.2 Å². The quantitative estimate of drug-likeness (QED) is 0.809. The molecule has 1 aromatic carbocycles. The Kier molecular flexibility index (Phi) is 2.92. The van der Waals surface area contributed by atoms with Crippen LogP contribution in [0.4, 0.5) is 0 Å². The lowest BCUT2D eigenvalue weighted by Crippen LogP contribution is -1.99. The van der Waals surface area contributed by atoms with Crippen LogP contribution in [0.25, 0.3) is 0 Å². The maximum Gasteiger partial charge on any atom is 0.194 e. The van der Waals surface area contributed by atoms with Gasteiger partial charge in [0, 0.05) is 13.5 Å². The van der Waals surface area contributed by atoms with Crippen LogP contribution < -0.4 is 0 Å². The van der Waals surface area contributed by atoms with Crippen LogP contribution in [0.15, 0.2) is 18.2 Å². The van der Waals surface area contributed by atoms with Crippen molar-refractivity contribution >= 4 is 12.2 Å². The van der Waals surface area contributed by atoms with Crippen LogP contribution in [0.1, 0.15) is 22.5 Å². The fourth-order valence-corrected chi connectivity index (χ4v) is 1.78. The molecule has 1 N–H and O–H groups in total. The third kappa shape index (κ3) is 2.07. The van der Waals surface area contributed by atoms with Crippen molar-refractivity contribution < 1.29 is 0 Å². The average molecular weight is 233 g/mol. The van der Waals surface area contributed by atoms with Crippen LogP contribution in [-0.4, -0.2) is 14.8 Å². The molecule has 2 aromatic rings. The number of aryl methyl sites for hydroxylation is 2. The molecule has 1 heterocycles.